The fourth-order valence-corrected chi connectivity index (χ4v) is 1.88. The quantitative estimate of drug-likeness (QED) is 0.793. The van der Waals surface area contributed by atoms with Crippen LogP contribution in [0.3, 0.4) is 0 Å². The van der Waals surface area contributed by atoms with E-state index in [1.807, 2.05) is 0 Å². The van der Waals surface area contributed by atoms with E-state index in [4.69, 9.17) is 10.5 Å². The van der Waals surface area contributed by atoms with Crippen LogP contribution in [0.15, 0.2) is 18.2 Å². The molecule has 0 saturated heterocycles. The lowest BCUT2D eigenvalue weighted by molar-refractivity contribution is 0.337. The molecule has 14 heavy (non-hydrogen) atoms. The van der Waals surface area contributed by atoms with Crippen molar-refractivity contribution in [1.29, 1.82) is 0 Å². The van der Waals surface area contributed by atoms with Crippen LogP contribution >= 0.6 is 0 Å². The van der Waals surface area contributed by atoms with Crippen LogP contribution in [0.1, 0.15) is 30.4 Å². The molecule has 0 radical (unpaired) electrons. The van der Waals surface area contributed by atoms with Gasteiger partial charge < -0.3 is 10.5 Å². The lowest BCUT2D eigenvalue weighted by Gasteiger charge is -2.04. The van der Waals surface area contributed by atoms with Crippen molar-refractivity contribution >= 4 is 0 Å². The van der Waals surface area contributed by atoms with Gasteiger partial charge in [0.1, 0.15) is 5.75 Å². The van der Waals surface area contributed by atoms with Gasteiger partial charge in [-0.15, -0.1) is 0 Å². The zero-order valence-corrected chi connectivity index (χ0v) is 8.62. The molecule has 0 aromatic heterocycles. The predicted octanol–water partition coefficient (Wildman–Crippen LogP) is 2.07. The number of aryl methyl sites for hydroxylation is 1. The van der Waals surface area contributed by atoms with Crippen LogP contribution in [0.5, 0.6) is 5.75 Å². The zero-order chi connectivity index (χ0) is 9.97. The Bertz CT molecular complexity index is 322. The van der Waals surface area contributed by atoms with Crippen LogP contribution in [0, 0.1) is 0 Å². The fourth-order valence-electron chi connectivity index (χ4n) is 1.88. The van der Waals surface area contributed by atoms with E-state index < -0.39 is 0 Å². The van der Waals surface area contributed by atoms with Crippen molar-refractivity contribution < 1.29 is 4.74 Å². The third kappa shape index (κ3) is 1.75. The Morgan fingerprint density at radius 1 is 1.50 bits per heavy atom. The van der Waals surface area contributed by atoms with Gasteiger partial charge in [-0.2, -0.15) is 0 Å². The summed E-state index contributed by atoms with van der Waals surface area (Å²) in [5, 5.41) is 0. The Morgan fingerprint density at radius 2 is 2.36 bits per heavy atom. The first kappa shape index (κ1) is 9.53. The summed E-state index contributed by atoms with van der Waals surface area (Å²) in [6.07, 6.45) is 2.14. The number of nitrogens with two attached hydrogens (primary N) is 1. The van der Waals surface area contributed by atoms with E-state index in [0.29, 0.717) is 5.92 Å². The molecular weight excluding hydrogens is 174 g/mol. The van der Waals surface area contributed by atoms with Crippen LogP contribution in [-0.4, -0.2) is 13.2 Å². The highest BCUT2D eigenvalue weighted by Crippen LogP contribution is 2.34. The molecule has 1 atom stereocenters. The minimum absolute atomic E-state index is 0.544. The molecule has 2 N–H and O–H groups in total. The Balaban J connectivity index is 2.17. The minimum atomic E-state index is 0.544. The first-order valence-electron chi connectivity index (χ1n) is 5.27. The van der Waals surface area contributed by atoms with Gasteiger partial charge in [-0.3, -0.25) is 0 Å². The summed E-state index contributed by atoms with van der Waals surface area (Å²) in [5.74, 6) is 1.61. The fraction of sp³-hybridized carbons (Fsp3) is 0.500. The first-order valence-corrected chi connectivity index (χ1v) is 5.27. The first-order chi connectivity index (χ1) is 6.81. The van der Waals surface area contributed by atoms with E-state index in [9.17, 15) is 0 Å². The monoisotopic (exact) mass is 191 g/mol. The maximum atomic E-state index is 5.55. The number of hydrogen-bond acceptors (Lipinski definition) is 2. The standard InChI is InChI=1S/C12H17NO/c1-9-8-14-12-5-4-10(3-2-6-13)7-11(9)12/h4-5,7,9H,2-3,6,8,13H2,1H3. The summed E-state index contributed by atoms with van der Waals surface area (Å²) in [7, 11) is 0. The average Bonchev–Trinajstić information content (AvgIpc) is 2.57. The number of fused-ring (bicyclic) bond motifs is 1. The second-order valence-electron chi connectivity index (χ2n) is 3.98. The Morgan fingerprint density at radius 3 is 3.14 bits per heavy atom. The summed E-state index contributed by atoms with van der Waals surface area (Å²) in [4.78, 5) is 0. The van der Waals surface area contributed by atoms with Crippen LogP contribution in [0.25, 0.3) is 0 Å². The third-order valence-electron chi connectivity index (χ3n) is 2.76. The maximum Gasteiger partial charge on any atom is 0.122 e. The maximum absolute atomic E-state index is 5.55. The molecule has 1 aliphatic rings. The summed E-state index contributed by atoms with van der Waals surface area (Å²) in [6.45, 7) is 3.80. The molecule has 76 valence electrons. The van der Waals surface area contributed by atoms with Crippen molar-refractivity contribution in [1.82, 2.24) is 0 Å². The second-order valence-corrected chi connectivity index (χ2v) is 3.98. The van der Waals surface area contributed by atoms with Gasteiger partial charge in [-0.25, -0.2) is 0 Å². The second kappa shape index (κ2) is 4.01. The number of benzene rings is 1. The van der Waals surface area contributed by atoms with Gasteiger partial charge in [0.25, 0.3) is 0 Å². The molecule has 1 heterocycles. The number of rotatable bonds is 3. The van der Waals surface area contributed by atoms with Gasteiger partial charge in [-0.05, 0) is 31.0 Å². The highest BCUT2D eigenvalue weighted by atomic mass is 16.5. The molecule has 2 rings (SSSR count). The molecule has 0 amide bonds. The van der Waals surface area contributed by atoms with Crippen molar-refractivity contribution in [3.8, 4) is 5.75 Å². The Kier molecular flexibility index (Phi) is 2.73. The lowest BCUT2D eigenvalue weighted by atomic mass is 9.99. The zero-order valence-electron chi connectivity index (χ0n) is 8.62. The SMILES string of the molecule is CC1COc2ccc(CCCN)cc21. The molecular formula is C12H17NO. The molecule has 0 saturated carbocycles. The molecule has 1 aromatic carbocycles. The van der Waals surface area contributed by atoms with Crippen molar-refractivity contribution in [3.05, 3.63) is 29.3 Å². The van der Waals surface area contributed by atoms with Crippen LogP contribution in [0.2, 0.25) is 0 Å². The Hall–Kier alpha value is -1.02. The van der Waals surface area contributed by atoms with Crippen molar-refractivity contribution in [2.24, 2.45) is 5.73 Å². The number of hydrogen-bond donors (Lipinski definition) is 1. The van der Waals surface area contributed by atoms with Gasteiger partial charge >= 0.3 is 0 Å². The predicted molar refractivity (Wildman–Crippen MR) is 57.7 cm³/mol. The minimum Gasteiger partial charge on any atom is -0.493 e. The molecule has 1 aliphatic heterocycles. The summed E-state index contributed by atoms with van der Waals surface area (Å²) >= 11 is 0. The van der Waals surface area contributed by atoms with Gasteiger partial charge in [0.2, 0.25) is 0 Å². The molecule has 0 fully saturated rings. The molecule has 0 aliphatic carbocycles. The Labute approximate surface area is 85.1 Å². The van der Waals surface area contributed by atoms with Crippen LogP contribution in [-0.2, 0) is 6.42 Å². The largest absolute Gasteiger partial charge is 0.493 e. The summed E-state index contributed by atoms with van der Waals surface area (Å²) in [6, 6.07) is 6.50. The molecule has 1 aromatic rings. The van der Waals surface area contributed by atoms with Gasteiger partial charge in [0.05, 0.1) is 6.61 Å². The molecule has 1 unspecified atom stereocenters. The van der Waals surface area contributed by atoms with Gasteiger partial charge in [0.15, 0.2) is 0 Å². The van der Waals surface area contributed by atoms with Crippen LogP contribution in [0.4, 0.5) is 0 Å². The van der Waals surface area contributed by atoms with E-state index >= 15 is 0 Å². The van der Waals surface area contributed by atoms with Gasteiger partial charge in [-0.1, -0.05) is 19.1 Å². The van der Waals surface area contributed by atoms with Crippen molar-refractivity contribution in [3.63, 3.8) is 0 Å². The lowest BCUT2D eigenvalue weighted by Crippen LogP contribution is -2.00. The van der Waals surface area contributed by atoms with Crippen LogP contribution < -0.4 is 10.5 Å². The summed E-state index contributed by atoms with van der Waals surface area (Å²) in [5.41, 5.74) is 8.23. The van der Waals surface area contributed by atoms with E-state index in [0.717, 1.165) is 31.7 Å². The van der Waals surface area contributed by atoms with Crippen molar-refractivity contribution in [2.75, 3.05) is 13.2 Å². The summed E-state index contributed by atoms with van der Waals surface area (Å²) < 4.78 is 5.55. The van der Waals surface area contributed by atoms with Crippen molar-refractivity contribution in [2.45, 2.75) is 25.7 Å². The normalized spacial score (nSPS) is 19.1. The average molecular weight is 191 g/mol. The van der Waals surface area contributed by atoms with Gasteiger partial charge in [0, 0.05) is 11.5 Å². The highest BCUT2D eigenvalue weighted by Gasteiger charge is 2.19. The molecule has 0 bridgehead atoms. The highest BCUT2D eigenvalue weighted by molar-refractivity contribution is 5.42. The van der Waals surface area contributed by atoms with E-state index in [2.05, 4.69) is 25.1 Å². The van der Waals surface area contributed by atoms with E-state index in [1.165, 1.54) is 11.1 Å². The number of ether oxygens (including phenoxy) is 1. The molecule has 2 heteroatoms. The van der Waals surface area contributed by atoms with E-state index in [1.54, 1.807) is 0 Å². The topological polar surface area (TPSA) is 35.2 Å². The van der Waals surface area contributed by atoms with E-state index in [-0.39, 0.29) is 0 Å². The smallest absolute Gasteiger partial charge is 0.122 e. The molecule has 2 nitrogen and oxygen atoms in total. The third-order valence-corrected chi connectivity index (χ3v) is 2.76. The molecule has 0 spiro atoms.